The van der Waals surface area contributed by atoms with E-state index in [-0.39, 0.29) is 18.3 Å². The predicted molar refractivity (Wildman–Crippen MR) is 101 cm³/mol. The molecule has 0 fully saturated rings. The molecule has 0 saturated heterocycles. The third-order valence-electron chi connectivity index (χ3n) is 3.61. The minimum Gasteiger partial charge on any atom is -0.494 e. The Morgan fingerprint density at radius 3 is 2.96 bits per heavy atom. The fraction of sp³-hybridized carbons (Fsp3) is 0.263. The summed E-state index contributed by atoms with van der Waals surface area (Å²) in [6, 6.07) is 11.1. The molecular weight excluding hydrogens is 414 g/mol. The Balaban J connectivity index is 1.43. The van der Waals surface area contributed by atoms with Crippen molar-refractivity contribution in [2.24, 2.45) is 0 Å². The first-order valence-corrected chi connectivity index (χ1v) is 9.23. The summed E-state index contributed by atoms with van der Waals surface area (Å²) in [5.74, 6) is 1.05. The quantitative estimate of drug-likeness (QED) is 0.386. The van der Waals surface area contributed by atoms with Crippen molar-refractivity contribution in [1.29, 1.82) is 0 Å². The van der Waals surface area contributed by atoms with Crippen LogP contribution < -0.4 is 4.74 Å². The van der Waals surface area contributed by atoms with E-state index in [1.165, 1.54) is 0 Å². The number of ether oxygens (including phenoxy) is 2. The monoisotopic (exact) mass is 431 g/mol. The van der Waals surface area contributed by atoms with Gasteiger partial charge in [0.05, 0.1) is 6.61 Å². The number of benzene rings is 1. The smallest absolute Gasteiger partial charge is 0.306 e. The fourth-order valence-electron chi connectivity index (χ4n) is 2.28. The molecule has 0 spiro atoms. The van der Waals surface area contributed by atoms with Crippen molar-refractivity contribution in [3.63, 3.8) is 0 Å². The summed E-state index contributed by atoms with van der Waals surface area (Å²) in [4.78, 5) is 20.2. The van der Waals surface area contributed by atoms with Crippen molar-refractivity contribution >= 4 is 21.9 Å². The molecule has 8 heteroatoms. The van der Waals surface area contributed by atoms with Gasteiger partial charge in [-0.3, -0.25) is 9.78 Å². The standard InChI is InChI=1S/C19H18BrN3O4/c1-13(19-22-18(23-27-19)14-5-3-9-21-12-14)26-17(24)8-4-10-25-16-7-2-6-15(20)11-16/h2-3,5-7,9,11-13H,4,8,10H2,1H3. The Labute approximate surface area is 164 Å². The van der Waals surface area contributed by atoms with E-state index in [9.17, 15) is 4.79 Å². The van der Waals surface area contributed by atoms with Crippen molar-refractivity contribution in [2.75, 3.05) is 6.61 Å². The van der Waals surface area contributed by atoms with E-state index >= 15 is 0 Å². The number of hydrogen-bond acceptors (Lipinski definition) is 7. The van der Waals surface area contributed by atoms with Crippen LogP contribution >= 0.6 is 15.9 Å². The maximum absolute atomic E-state index is 12.0. The second kappa shape index (κ2) is 9.27. The van der Waals surface area contributed by atoms with E-state index in [0.29, 0.717) is 18.9 Å². The molecule has 140 valence electrons. The summed E-state index contributed by atoms with van der Waals surface area (Å²) in [7, 11) is 0. The first kappa shape index (κ1) is 19.0. The van der Waals surface area contributed by atoms with Crippen LogP contribution in [0.4, 0.5) is 0 Å². The molecule has 0 bridgehead atoms. The molecule has 0 aliphatic heterocycles. The van der Waals surface area contributed by atoms with Gasteiger partial charge in [0.25, 0.3) is 5.89 Å². The van der Waals surface area contributed by atoms with Crippen LogP contribution in [0.1, 0.15) is 31.8 Å². The van der Waals surface area contributed by atoms with Gasteiger partial charge >= 0.3 is 5.97 Å². The van der Waals surface area contributed by atoms with Crippen LogP contribution in [0.5, 0.6) is 5.75 Å². The Kier molecular flexibility index (Phi) is 6.54. The highest BCUT2D eigenvalue weighted by Crippen LogP contribution is 2.21. The second-order valence-corrected chi connectivity index (χ2v) is 6.66. The van der Waals surface area contributed by atoms with E-state index in [2.05, 4.69) is 31.1 Å². The van der Waals surface area contributed by atoms with E-state index in [1.54, 1.807) is 25.4 Å². The van der Waals surface area contributed by atoms with E-state index in [0.717, 1.165) is 15.8 Å². The van der Waals surface area contributed by atoms with Gasteiger partial charge < -0.3 is 14.0 Å². The molecule has 0 aliphatic carbocycles. The lowest BCUT2D eigenvalue weighted by Crippen LogP contribution is -2.10. The number of aromatic nitrogens is 3. The van der Waals surface area contributed by atoms with Gasteiger partial charge in [-0.25, -0.2) is 0 Å². The van der Waals surface area contributed by atoms with Gasteiger partial charge in [0.2, 0.25) is 5.82 Å². The lowest BCUT2D eigenvalue weighted by Gasteiger charge is -2.09. The number of esters is 1. The molecule has 0 saturated carbocycles. The highest BCUT2D eigenvalue weighted by Gasteiger charge is 2.19. The van der Waals surface area contributed by atoms with Crippen LogP contribution in [0.3, 0.4) is 0 Å². The average Bonchev–Trinajstić information content (AvgIpc) is 3.16. The zero-order valence-corrected chi connectivity index (χ0v) is 16.3. The zero-order valence-electron chi connectivity index (χ0n) is 14.7. The van der Waals surface area contributed by atoms with Gasteiger partial charge in [-0.15, -0.1) is 0 Å². The topological polar surface area (TPSA) is 87.3 Å². The minimum atomic E-state index is -0.624. The van der Waals surface area contributed by atoms with Crippen molar-refractivity contribution in [1.82, 2.24) is 15.1 Å². The van der Waals surface area contributed by atoms with Gasteiger partial charge in [-0.2, -0.15) is 4.98 Å². The van der Waals surface area contributed by atoms with E-state index in [4.69, 9.17) is 14.0 Å². The lowest BCUT2D eigenvalue weighted by atomic mass is 10.3. The van der Waals surface area contributed by atoms with E-state index in [1.807, 2.05) is 30.3 Å². The first-order chi connectivity index (χ1) is 13.1. The maximum atomic E-state index is 12.0. The number of halogens is 1. The number of hydrogen-bond donors (Lipinski definition) is 0. The molecule has 0 amide bonds. The SMILES string of the molecule is CC(OC(=O)CCCOc1cccc(Br)c1)c1nc(-c2cccnc2)no1. The molecule has 0 N–H and O–H groups in total. The number of pyridine rings is 1. The molecule has 7 nitrogen and oxygen atoms in total. The Morgan fingerprint density at radius 1 is 1.30 bits per heavy atom. The Bertz CT molecular complexity index is 885. The molecule has 0 aliphatic rings. The molecule has 27 heavy (non-hydrogen) atoms. The summed E-state index contributed by atoms with van der Waals surface area (Å²) in [6.07, 6.45) is 3.46. The second-order valence-electron chi connectivity index (χ2n) is 5.74. The van der Waals surface area contributed by atoms with Gasteiger partial charge in [0.1, 0.15) is 5.75 Å². The molecule has 1 aromatic carbocycles. The average molecular weight is 432 g/mol. The number of rotatable bonds is 8. The van der Waals surface area contributed by atoms with E-state index < -0.39 is 6.10 Å². The van der Waals surface area contributed by atoms with Crippen molar-refractivity contribution < 1.29 is 18.8 Å². The number of nitrogens with zero attached hydrogens (tertiary/aromatic N) is 3. The van der Waals surface area contributed by atoms with Gasteiger partial charge in [0.15, 0.2) is 6.10 Å². The molecule has 0 radical (unpaired) electrons. The fourth-order valence-corrected chi connectivity index (χ4v) is 2.66. The van der Waals surface area contributed by atoms with Gasteiger partial charge in [-0.1, -0.05) is 27.2 Å². The third-order valence-corrected chi connectivity index (χ3v) is 4.10. The summed E-state index contributed by atoms with van der Waals surface area (Å²) in [5.41, 5.74) is 0.732. The molecule has 3 rings (SSSR count). The zero-order chi connectivity index (χ0) is 19.1. The summed E-state index contributed by atoms with van der Waals surface area (Å²) < 4.78 is 17.1. The highest BCUT2D eigenvalue weighted by molar-refractivity contribution is 9.10. The Morgan fingerprint density at radius 2 is 2.19 bits per heavy atom. The largest absolute Gasteiger partial charge is 0.494 e. The minimum absolute atomic E-state index is 0.238. The van der Waals surface area contributed by atoms with Crippen molar-refractivity contribution in [2.45, 2.75) is 25.9 Å². The maximum Gasteiger partial charge on any atom is 0.306 e. The lowest BCUT2D eigenvalue weighted by molar-refractivity contribution is -0.150. The van der Waals surface area contributed by atoms with Crippen LogP contribution in [0.2, 0.25) is 0 Å². The van der Waals surface area contributed by atoms with Crippen LogP contribution in [0.15, 0.2) is 57.8 Å². The summed E-state index contributed by atoms with van der Waals surface area (Å²) in [5, 5.41) is 3.89. The highest BCUT2D eigenvalue weighted by atomic mass is 79.9. The molecule has 2 heterocycles. The van der Waals surface area contributed by atoms with Gasteiger partial charge in [-0.05, 0) is 43.7 Å². The molecule has 2 aromatic heterocycles. The normalized spacial score (nSPS) is 11.8. The third kappa shape index (κ3) is 5.62. The van der Waals surface area contributed by atoms with Crippen LogP contribution in [-0.4, -0.2) is 27.7 Å². The first-order valence-electron chi connectivity index (χ1n) is 8.43. The number of carbonyl (C=O) groups is 1. The summed E-state index contributed by atoms with van der Waals surface area (Å²) >= 11 is 3.38. The van der Waals surface area contributed by atoms with Crippen LogP contribution in [-0.2, 0) is 9.53 Å². The number of carbonyl (C=O) groups excluding carboxylic acids is 1. The predicted octanol–water partition coefficient (Wildman–Crippen LogP) is 4.36. The molecule has 1 unspecified atom stereocenters. The molecule has 1 atom stereocenters. The van der Waals surface area contributed by atoms with Crippen molar-refractivity contribution in [3.05, 3.63) is 59.2 Å². The molecular formula is C19H18BrN3O4. The van der Waals surface area contributed by atoms with Crippen molar-refractivity contribution in [3.8, 4) is 17.1 Å². The molecule has 3 aromatic rings. The Hall–Kier alpha value is -2.74. The van der Waals surface area contributed by atoms with Crippen LogP contribution in [0.25, 0.3) is 11.4 Å². The summed E-state index contributed by atoms with van der Waals surface area (Å²) in [6.45, 7) is 2.11. The van der Waals surface area contributed by atoms with Gasteiger partial charge in [0, 0.05) is 28.9 Å². The van der Waals surface area contributed by atoms with Crippen LogP contribution in [0, 0.1) is 0 Å².